The predicted octanol–water partition coefficient (Wildman–Crippen LogP) is 3.33. The number of carboxylic acids is 1. The molecule has 0 spiro atoms. The van der Waals surface area contributed by atoms with E-state index in [-0.39, 0.29) is 0 Å². The van der Waals surface area contributed by atoms with E-state index in [0.717, 1.165) is 0 Å². The second-order valence-electron chi connectivity index (χ2n) is 4.01. The molecule has 0 bridgehead atoms. The number of nitrogens with one attached hydrogen (secondary N) is 1. The first-order valence-electron chi connectivity index (χ1n) is 5.64. The van der Waals surface area contributed by atoms with Gasteiger partial charge in [0, 0.05) is 4.47 Å². The first-order valence-corrected chi connectivity index (χ1v) is 7.42. The summed E-state index contributed by atoms with van der Waals surface area (Å²) in [5, 5.41) is 11.1. The molecule has 0 fully saturated rings. The second-order valence-corrected chi connectivity index (χ2v) is 5.96. The molecule has 1 atom stereocenters. The predicted molar refractivity (Wildman–Crippen MR) is 75.8 cm³/mol. The molecule has 1 aromatic carbocycles. The topological polar surface area (TPSA) is 66.4 Å². The van der Waals surface area contributed by atoms with Gasteiger partial charge >= 0.3 is 11.5 Å². The molecule has 0 heterocycles. The average molecular weight is 386 g/mol. The molecule has 116 valence electrons. The minimum Gasteiger partial charge on any atom is -0.481 e. The number of hydrogen-bond donors (Lipinski definition) is 2. The van der Waals surface area contributed by atoms with E-state index in [2.05, 4.69) is 21.2 Å². The van der Waals surface area contributed by atoms with E-state index < -0.39 is 47.4 Å². The molecule has 0 aliphatic rings. The standard InChI is InChI=1S/C12H11BrF3NO3S/c13-8-3-1-2-7(4-8)9(5-11(19)20)17-10(18)6-21-12(14,15)16/h1-4,9H,5-6H2,(H,17,18)(H,19,20). The highest BCUT2D eigenvalue weighted by Crippen LogP contribution is 2.30. The maximum absolute atomic E-state index is 12.0. The third-order valence-corrected chi connectivity index (χ3v) is 3.56. The van der Waals surface area contributed by atoms with E-state index in [4.69, 9.17) is 5.11 Å². The van der Waals surface area contributed by atoms with E-state index in [1.54, 1.807) is 24.3 Å². The van der Waals surface area contributed by atoms with Crippen molar-refractivity contribution in [3.8, 4) is 0 Å². The highest BCUT2D eigenvalue weighted by molar-refractivity contribution is 9.10. The van der Waals surface area contributed by atoms with Crippen LogP contribution in [0, 0.1) is 0 Å². The van der Waals surface area contributed by atoms with Crippen molar-refractivity contribution < 1.29 is 27.9 Å². The fourth-order valence-electron chi connectivity index (χ4n) is 1.53. The molecule has 0 saturated heterocycles. The summed E-state index contributed by atoms with van der Waals surface area (Å²) >= 11 is 2.74. The molecule has 9 heteroatoms. The van der Waals surface area contributed by atoms with Crippen molar-refractivity contribution >= 4 is 39.6 Å². The van der Waals surface area contributed by atoms with E-state index >= 15 is 0 Å². The number of rotatable bonds is 6. The SMILES string of the molecule is O=C(O)CC(NC(=O)CSC(F)(F)F)c1cccc(Br)c1. The third-order valence-electron chi connectivity index (χ3n) is 2.33. The molecule has 0 aromatic heterocycles. The van der Waals surface area contributed by atoms with Gasteiger partial charge in [-0.1, -0.05) is 28.1 Å². The Labute approximate surface area is 131 Å². The summed E-state index contributed by atoms with van der Waals surface area (Å²) in [4.78, 5) is 22.3. The summed E-state index contributed by atoms with van der Waals surface area (Å²) in [5.74, 6) is -2.85. The van der Waals surface area contributed by atoms with Gasteiger partial charge in [-0.15, -0.1) is 0 Å². The molecule has 1 unspecified atom stereocenters. The quantitative estimate of drug-likeness (QED) is 0.787. The van der Waals surface area contributed by atoms with Crippen LogP contribution in [0.4, 0.5) is 13.2 Å². The van der Waals surface area contributed by atoms with Crippen molar-refractivity contribution in [2.24, 2.45) is 0 Å². The van der Waals surface area contributed by atoms with Gasteiger partial charge in [-0.3, -0.25) is 9.59 Å². The molecule has 1 rings (SSSR count). The van der Waals surface area contributed by atoms with Crippen LogP contribution in [0.15, 0.2) is 28.7 Å². The van der Waals surface area contributed by atoms with Gasteiger partial charge in [0.1, 0.15) is 0 Å². The van der Waals surface area contributed by atoms with Crippen LogP contribution in [0.1, 0.15) is 18.0 Å². The number of thioether (sulfide) groups is 1. The Morgan fingerprint density at radius 3 is 2.57 bits per heavy atom. The molecule has 0 aliphatic carbocycles. The Morgan fingerprint density at radius 1 is 1.38 bits per heavy atom. The second kappa shape index (κ2) is 7.69. The highest BCUT2D eigenvalue weighted by Gasteiger charge is 2.30. The van der Waals surface area contributed by atoms with Crippen LogP contribution >= 0.6 is 27.7 Å². The highest BCUT2D eigenvalue weighted by atomic mass is 79.9. The first kappa shape index (κ1) is 17.8. The fraction of sp³-hybridized carbons (Fsp3) is 0.333. The van der Waals surface area contributed by atoms with Crippen LogP contribution in [0.3, 0.4) is 0 Å². The number of aliphatic carboxylic acids is 1. The van der Waals surface area contributed by atoms with Crippen LogP contribution < -0.4 is 5.32 Å². The number of amides is 1. The maximum atomic E-state index is 12.0. The number of alkyl halides is 3. The van der Waals surface area contributed by atoms with Crippen LogP contribution in [0.5, 0.6) is 0 Å². The molecular formula is C12H11BrF3NO3S. The molecule has 0 radical (unpaired) electrons. The Hall–Kier alpha value is -1.22. The molecule has 1 aromatic rings. The van der Waals surface area contributed by atoms with Gasteiger partial charge in [0.15, 0.2) is 0 Å². The lowest BCUT2D eigenvalue weighted by Gasteiger charge is -2.18. The van der Waals surface area contributed by atoms with Crippen molar-refractivity contribution in [1.82, 2.24) is 5.32 Å². The van der Waals surface area contributed by atoms with Crippen LogP contribution in [-0.2, 0) is 9.59 Å². The lowest BCUT2D eigenvalue weighted by atomic mass is 10.0. The first-order chi connectivity index (χ1) is 9.67. The van der Waals surface area contributed by atoms with Gasteiger partial charge < -0.3 is 10.4 Å². The van der Waals surface area contributed by atoms with Crippen molar-refractivity contribution in [2.75, 3.05) is 5.75 Å². The number of carbonyl (C=O) groups is 2. The molecule has 4 nitrogen and oxygen atoms in total. The molecule has 21 heavy (non-hydrogen) atoms. The number of halogens is 4. The van der Waals surface area contributed by atoms with E-state index in [9.17, 15) is 22.8 Å². The van der Waals surface area contributed by atoms with Crippen molar-refractivity contribution in [3.63, 3.8) is 0 Å². The zero-order chi connectivity index (χ0) is 16.0. The Morgan fingerprint density at radius 2 is 2.05 bits per heavy atom. The van der Waals surface area contributed by atoms with Crippen LogP contribution in [0.2, 0.25) is 0 Å². The number of carboxylic acid groups (broad SMARTS) is 1. The largest absolute Gasteiger partial charge is 0.481 e. The van der Waals surface area contributed by atoms with Gasteiger partial charge in [-0.05, 0) is 29.5 Å². The van der Waals surface area contributed by atoms with Gasteiger partial charge in [0.05, 0.1) is 18.2 Å². The summed E-state index contributed by atoms with van der Waals surface area (Å²) in [6.07, 6.45) is -0.418. The van der Waals surface area contributed by atoms with E-state index in [0.29, 0.717) is 10.0 Å². The smallest absolute Gasteiger partial charge is 0.442 e. The lowest BCUT2D eigenvalue weighted by molar-refractivity contribution is -0.137. The number of hydrogen-bond acceptors (Lipinski definition) is 3. The van der Waals surface area contributed by atoms with Crippen molar-refractivity contribution in [1.29, 1.82) is 0 Å². The molecule has 0 aliphatic heterocycles. The van der Waals surface area contributed by atoms with Gasteiger partial charge in [0.25, 0.3) is 0 Å². The summed E-state index contributed by atoms with van der Waals surface area (Å²) in [6.45, 7) is 0. The molecule has 0 saturated carbocycles. The average Bonchev–Trinajstić information content (AvgIpc) is 2.34. The fourth-order valence-corrected chi connectivity index (χ4v) is 2.33. The molecule has 2 N–H and O–H groups in total. The minimum absolute atomic E-state index is 0.418. The third kappa shape index (κ3) is 7.37. The van der Waals surface area contributed by atoms with Gasteiger partial charge in [0.2, 0.25) is 5.91 Å². The minimum atomic E-state index is -4.50. The van der Waals surface area contributed by atoms with Crippen molar-refractivity contribution in [3.05, 3.63) is 34.3 Å². The van der Waals surface area contributed by atoms with Gasteiger partial charge in [-0.2, -0.15) is 13.2 Å². The van der Waals surface area contributed by atoms with E-state index in [1.807, 2.05) is 0 Å². The van der Waals surface area contributed by atoms with Crippen LogP contribution in [-0.4, -0.2) is 28.2 Å². The normalized spacial score (nSPS) is 12.8. The molecular weight excluding hydrogens is 375 g/mol. The zero-order valence-corrected chi connectivity index (χ0v) is 12.9. The zero-order valence-electron chi connectivity index (χ0n) is 10.5. The monoisotopic (exact) mass is 385 g/mol. The summed E-state index contributed by atoms with van der Waals surface area (Å²) in [5.41, 5.74) is -4.01. The summed E-state index contributed by atoms with van der Waals surface area (Å²) in [7, 11) is 0. The Bertz CT molecular complexity index is 525. The van der Waals surface area contributed by atoms with E-state index in [1.165, 1.54) is 0 Å². The lowest BCUT2D eigenvalue weighted by Crippen LogP contribution is -2.32. The molecule has 1 amide bonds. The Kier molecular flexibility index (Phi) is 6.53. The van der Waals surface area contributed by atoms with Gasteiger partial charge in [-0.25, -0.2) is 0 Å². The summed E-state index contributed by atoms with van der Waals surface area (Å²) in [6, 6.07) is 5.66. The number of benzene rings is 1. The summed E-state index contributed by atoms with van der Waals surface area (Å²) < 4.78 is 36.7. The van der Waals surface area contributed by atoms with Crippen LogP contribution in [0.25, 0.3) is 0 Å². The maximum Gasteiger partial charge on any atom is 0.442 e. The Balaban J connectivity index is 2.75. The number of carbonyl (C=O) groups excluding carboxylic acids is 1. The van der Waals surface area contributed by atoms with Crippen molar-refractivity contribution in [2.45, 2.75) is 18.0 Å².